The summed E-state index contributed by atoms with van der Waals surface area (Å²) in [7, 11) is 1.94. The molecule has 0 N–H and O–H groups in total. The average molecular weight is 272 g/mol. The van der Waals surface area contributed by atoms with Gasteiger partial charge in [0.1, 0.15) is 0 Å². The highest BCUT2D eigenvalue weighted by atomic mass is 35.5. The Labute approximate surface area is 112 Å². The highest BCUT2D eigenvalue weighted by molar-refractivity contribution is 6.28. The summed E-state index contributed by atoms with van der Waals surface area (Å²) in [5.74, 6) is 1.23. The number of nitrogens with zero attached hydrogens (tertiary/aromatic N) is 5. The van der Waals surface area contributed by atoms with E-state index in [4.69, 9.17) is 16.3 Å². The Bertz CT molecular complexity index is 408. The molecule has 6 nitrogen and oxygen atoms in total. The van der Waals surface area contributed by atoms with Crippen molar-refractivity contribution in [3.63, 3.8) is 0 Å². The third-order valence-corrected chi connectivity index (χ3v) is 3.14. The molecule has 0 aromatic carbocycles. The monoisotopic (exact) mass is 271 g/mol. The number of hydrogen-bond acceptors (Lipinski definition) is 6. The molecule has 0 saturated carbocycles. The molecule has 1 aliphatic rings. The average Bonchev–Trinajstić information content (AvgIpc) is 2.38. The number of aromatic nitrogens is 3. The Morgan fingerprint density at radius 3 is 2.50 bits per heavy atom. The summed E-state index contributed by atoms with van der Waals surface area (Å²) < 4.78 is 5.31. The van der Waals surface area contributed by atoms with Gasteiger partial charge in [-0.05, 0) is 25.4 Å². The quantitative estimate of drug-likeness (QED) is 0.824. The van der Waals surface area contributed by atoms with Gasteiger partial charge >= 0.3 is 0 Å². The van der Waals surface area contributed by atoms with E-state index >= 15 is 0 Å². The lowest BCUT2D eigenvalue weighted by atomic mass is 10.4. The molecule has 18 heavy (non-hydrogen) atoms. The minimum Gasteiger partial charge on any atom is -0.378 e. The van der Waals surface area contributed by atoms with Gasteiger partial charge in [-0.3, -0.25) is 0 Å². The Morgan fingerprint density at radius 2 is 1.89 bits per heavy atom. The van der Waals surface area contributed by atoms with Crippen LogP contribution in [-0.2, 0) is 4.74 Å². The molecule has 0 unspecified atom stereocenters. The molecule has 0 radical (unpaired) electrons. The first-order valence-corrected chi connectivity index (χ1v) is 6.43. The molecule has 0 bridgehead atoms. The van der Waals surface area contributed by atoms with Crippen molar-refractivity contribution in [1.82, 2.24) is 15.0 Å². The molecule has 2 heterocycles. The van der Waals surface area contributed by atoms with Crippen LogP contribution in [0.5, 0.6) is 0 Å². The maximum atomic E-state index is 5.97. The van der Waals surface area contributed by atoms with Crippen LogP contribution < -0.4 is 9.80 Å². The van der Waals surface area contributed by atoms with E-state index in [1.807, 2.05) is 11.9 Å². The van der Waals surface area contributed by atoms with E-state index in [-0.39, 0.29) is 5.28 Å². The molecule has 0 aliphatic carbocycles. The topological polar surface area (TPSA) is 54.4 Å². The van der Waals surface area contributed by atoms with Crippen LogP contribution in [0.3, 0.4) is 0 Å². The zero-order chi connectivity index (χ0) is 13.1. The van der Waals surface area contributed by atoms with Gasteiger partial charge in [0.15, 0.2) is 0 Å². The molecular weight excluding hydrogens is 254 g/mol. The predicted molar refractivity (Wildman–Crippen MR) is 71.4 cm³/mol. The molecule has 1 saturated heterocycles. The second-order valence-corrected chi connectivity index (χ2v) is 4.85. The largest absolute Gasteiger partial charge is 0.378 e. The van der Waals surface area contributed by atoms with Crippen molar-refractivity contribution in [3.05, 3.63) is 5.28 Å². The summed E-state index contributed by atoms with van der Waals surface area (Å²) in [6.45, 7) is 7.10. The van der Waals surface area contributed by atoms with Gasteiger partial charge in [-0.1, -0.05) is 0 Å². The zero-order valence-electron chi connectivity index (χ0n) is 10.9. The lowest BCUT2D eigenvalue weighted by Crippen LogP contribution is -2.38. The van der Waals surface area contributed by atoms with Crippen molar-refractivity contribution in [2.24, 2.45) is 0 Å². The lowest BCUT2D eigenvalue weighted by molar-refractivity contribution is 0.122. The van der Waals surface area contributed by atoms with Gasteiger partial charge in [0.05, 0.1) is 13.2 Å². The molecule has 0 atom stereocenters. The smallest absolute Gasteiger partial charge is 0.231 e. The van der Waals surface area contributed by atoms with Crippen LogP contribution in [0.4, 0.5) is 11.9 Å². The van der Waals surface area contributed by atoms with Gasteiger partial charge in [-0.15, -0.1) is 0 Å². The molecule has 1 aromatic heterocycles. The third kappa shape index (κ3) is 3.00. The first-order chi connectivity index (χ1) is 8.58. The maximum Gasteiger partial charge on any atom is 0.231 e. The van der Waals surface area contributed by atoms with Gasteiger partial charge in [0.25, 0.3) is 0 Å². The van der Waals surface area contributed by atoms with Crippen LogP contribution in [-0.4, -0.2) is 54.3 Å². The number of hydrogen-bond donors (Lipinski definition) is 0. The van der Waals surface area contributed by atoms with Crippen LogP contribution in [0.25, 0.3) is 0 Å². The van der Waals surface area contributed by atoms with E-state index < -0.39 is 0 Å². The van der Waals surface area contributed by atoms with Crippen LogP contribution in [0, 0.1) is 0 Å². The number of morpholine rings is 1. The van der Waals surface area contributed by atoms with E-state index in [0.717, 1.165) is 13.1 Å². The summed E-state index contributed by atoms with van der Waals surface area (Å²) >= 11 is 5.97. The second kappa shape index (κ2) is 5.67. The zero-order valence-corrected chi connectivity index (χ0v) is 11.7. The third-order valence-electron chi connectivity index (χ3n) is 2.97. The van der Waals surface area contributed by atoms with Crippen molar-refractivity contribution in [1.29, 1.82) is 0 Å². The first kappa shape index (κ1) is 13.3. The maximum absolute atomic E-state index is 5.97. The number of ether oxygens (including phenoxy) is 1. The molecule has 100 valence electrons. The first-order valence-electron chi connectivity index (χ1n) is 6.05. The number of halogens is 1. The lowest BCUT2D eigenvalue weighted by Gasteiger charge is -2.28. The van der Waals surface area contributed by atoms with Crippen LogP contribution in [0.1, 0.15) is 13.8 Å². The number of anilines is 2. The Balaban J connectivity index is 2.25. The molecule has 1 aromatic rings. The summed E-state index contributed by atoms with van der Waals surface area (Å²) in [4.78, 5) is 16.8. The van der Waals surface area contributed by atoms with E-state index in [1.165, 1.54) is 0 Å². The SMILES string of the molecule is CC(C)N(C)c1nc(Cl)nc(N2CCOCC2)n1. The highest BCUT2D eigenvalue weighted by Crippen LogP contribution is 2.18. The normalized spacial score (nSPS) is 16.2. The summed E-state index contributed by atoms with van der Waals surface area (Å²) in [5, 5.41) is 0.231. The second-order valence-electron chi connectivity index (χ2n) is 4.51. The van der Waals surface area contributed by atoms with Crippen molar-refractivity contribution in [2.45, 2.75) is 19.9 Å². The molecule has 2 rings (SSSR count). The number of rotatable bonds is 3. The van der Waals surface area contributed by atoms with Gasteiger partial charge in [-0.2, -0.15) is 15.0 Å². The fourth-order valence-electron chi connectivity index (χ4n) is 1.62. The van der Waals surface area contributed by atoms with Crippen LogP contribution >= 0.6 is 11.6 Å². The molecule has 0 amide bonds. The van der Waals surface area contributed by atoms with Crippen molar-refractivity contribution in [3.8, 4) is 0 Å². The van der Waals surface area contributed by atoms with Gasteiger partial charge in [0, 0.05) is 26.2 Å². The standard InChI is InChI=1S/C11H18ClN5O/c1-8(2)16(3)10-13-9(12)14-11(15-10)17-4-6-18-7-5-17/h8H,4-7H2,1-3H3. The molecule has 0 spiro atoms. The fourth-order valence-corrected chi connectivity index (χ4v) is 1.77. The predicted octanol–water partition coefficient (Wildman–Crippen LogP) is 1.21. The molecule has 1 aliphatic heterocycles. The Morgan fingerprint density at radius 1 is 1.22 bits per heavy atom. The molecule has 7 heteroatoms. The Hall–Kier alpha value is -1.14. The van der Waals surface area contributed by atoms with E-state index in [9.17, 15) is 0 Å². The van der Waals surface area contributed by atoms with Crippen molar-refractivity contribution >= 4 is 23.5 Å². The Kier molecular flexibility index (Phi) is 4.19. The van der Waals surface area contributed by atoms with E-state index in [2.05, 4.69) is 33.7 Å². The molecular formula is C11H18ClN5O. The summed E-state index contributed by atoms with van der Waals surface area (Å²) in [6.07, 6.45) is 0. The van der Waals surface area contributed by atoms with E-state index in [1.54, 1.807) is 0 Å². The van der Waals surface area contributed by atoms with Gasteiger partial charge < -0.3 is 14.5 Å². The van der Waals surface area contributed by atoms with Gasteiger partial charge in [-0.25, -0.2) is 0 Å². The fraction of sp³-hybridized carbons (Fsp3) is 0.727. The molecule has 1 fully saturated rings. The van der Waals surface area contributed by atoms with Crippen LogP contribution in [0.15, 0.2) is 0 Å². The van der Waals surface area contributed by atoms with Gasteiger partial charge in [0.2, 0.25) is 17.2 Å². The summed E-state index contributed by atoms with van der Waals surface area (Å²) in [5.41, 5.74) is 0. The van der Waals surface area contributed by atoms with E-state index in [0.29, 0.717) is 31.2 Å². The van der Waals surface area contributed by atoms with Crippen molar-refractivity contribution < 1.29 is 4.74 Å². The highest BCUT2D eigenvalue weighted by Gasteiger charge is 2.18. The van der Waals surface area contributed by atoms with Crippen molar-refractivity contribution in [2.75, 3.05) is 43.2 Å². The summed E-state index contributed by atoms with van der Waals surface area (Å²) in [6, 6.07) is 0.306. The minimum atomic E-state index is 0.231. The van der Waals surface area contributed by atoms with Crippen LogP contribution in [0.2, 0.25) is 5.28 Å². The minimum absolute atomic E-state index is 0.231.